The van der Waals surface area contributed by atoms with Crippen LogP contribution in [0.5, 0.6) is 5.75 Å². The Bertz CT molecular complexity index is 1380. The summed E-state index contributed by atoms with van der Waals surface area (Å²) in [4.78, 5) is 25.6. The van der Waals surface area contributed by atoms with Gasteiger partial charge in [-0.1, -0.05) is 76.6 Å². The van der Waals surface area contributed by atoms with Crippen LogP contribution in [0.1, 0.15) is 33.7 Å². The fraction of sp³-hybridized carbons (Fsp3) is 0.107. The van der Waals surface area contributed by atoms with E-state index < -0.39 is 5.97 Å². The molecule has 8 heteroatoms. The maximum Gasteiger partial charge on any atom is 0.379 e. The van der Waals surface area contributed by atoms with E-state index in [2.05, 4.69) is 66.7 Å². The van der Waals surface area contributed by atoms with Crippen LogP contribution in [0.3, 0.4) is 0 Å². The zero-order valence-corrected chi connectivity index (χ0v) is 22.0. The number of carbonyl (C=O) groups excluding carboxylic acids is 2. The number of nitrogens with zero attached hydrogens (tertiary/aromatic N) is 1. The number of nitrogens with one attached hydrogen (secondary N) is 1. The van der Waals surface area contributed by atoms with Gasteiger partial charge < -0.3 is 9.15 Å². The van der Waals surface area contributed by atoms with Crippen molar-refractivity contribution in [1.82, 2.24) is 5.43 Å². The monoisotopic (exact) mass is 606 g/mol. The molecule has 4 aromatic rings. The Balaban J connectivity index is 1.35. The molecule has 0 saturated heterocycles. The molecular weight excluding hydrogens is 588 g/mol. The minimum absolute atomic E-state index is 0.0768. The van der Waals surface area contributed by atoms with Crippen molar-refractivity contribution in [2.75, 3.05) is 0 Å². The zero-order chi connectivity index (χ0) is 25.1. The lowest BCUT2D eigenvalue weighted by atomic mass is 9.85. The van der Waals surface area contributed by atoms with E-state index in [1.807, 2.05) is 36.4 Å². The van der Waals surface area contributed by atoms with Gasteiger partial charge in [0.1, 0.15) is 0 Å². The van der Waals surface area contributed by atoms with Crippen LogP contribution < -0.4 is 10.2 Å². The Morgan fingerprint density at radius 3 is 2.25 bits per heavy atom. The molecule has 1 saturated carbocycles. The summed E-state index contributed by atoms with van der Waals surface area (Å²) in [5.74, 6) is -0.748. The first-order valence-corrected chi connectivity index (χ1v) is 12.8. The van der Waals surface area contributed by atoms with Gasteiger partial charge in [-0.2, -0.15) is 5.10 Å². The van der Waals surface area contributed by atoms with Crippen LogP contribution in [0.15, 0.2) is 110 Å². The van der Waals surface area contributed by atoms with Gasteiger partial charge in [0.05, 0.1) is 22.9 Å². The van der Waals surface area contributed by atoms with Crippen molar-refractivity contribution in [3.05, 3.63) is 123 Å². The van der Waals surface area contributed by atoms with E-state index in [9.17, 15) is 9.59 Å². The number of halogens is 2. The predicted molar refractivity (Wildman–Crippen MR) is 143 cm³/mol. The molecule has 1 aliphatic rings. The van der Waals surface area contributed by atoms with Crippen LogP contribution in [0.25, 0.3) is 0 Å². The number of furan rings is 1. The summed E-state index contributed by atoms with van der Waals surface area (Å²) >= 11 is 6.86. The molecule has 1 amide bonds. The highest BCUT2D eigenvalue weighted by molar-refractivity contribution is 9.11. The molecule has 36 heavy (non-hydrogen) atoms. The van der Waals surface area contributed by atoms with Crippen LogP contribution in [0, 0.1) is 5.92 Å². The van der Waals surface area contributed by atoms with Crippen molar-refractivity contribution >= 4 is 50.0 Å². The van der Waals surface area contributed by atoms with Crippen molar-refractivity contribution < 1.29 is 18.7 Å². The Morgan fingerprint density at radius 2 is 1.64 bits per heavy atom. The quantitative estimate of drug-likeness (QED) is 0.113. The van der Waals surface area contributed by atoms with Crippen molar-refractivity contribution in [2.45, 2.75) is 11.8 Å². The zero-order valence-electron chi connectivity index (χ0n) is 18.9. The lowest BCUT2D eigenvalue weighted by molar-refractivity contribution is -0.122. The van der Waals surface area contributed by atoms with E-state index in [0.29, 0.717) is 16.5 Å². The normalized spacial score (nSPS) is 16.0. The van der Waals surface area contributed by atoms with E-state index >= 15 is 0 Å². The van der Waals surface area contributed by atoms with Crippen LogP contribution >= 0.6 is 31.9 Å². The molecule has 0 spiro atoms. The molecular formula is C28H20Br2N2O4. The first-order chi connectivity index (χ1) is 17.5. The van der Waals surface area contributed by atoms with Gasteiger partial charge in [-0.15, -0.1) is 0 Å². The fourth-order valence-corrected chi connectivity index (χ4v) is 5.76. The number of benzene rings is 3. The van der Waals surface area contributed by atoms with Crippen molar-refractivity contribution in [2.24, 2.45) is 11.0 Å². The van der Waals surface area contributed by atoms with Crippen molar-refractivity contribution in [3.8, 4) is 5.75 Å². The number of hydrazone groups is 1. The third-order valence-corrected chi connectivity index (χ3v) is 7.23. The molecule has 5 rings (SSSR count). The van der Waals surface area contributed by atoms with Gasteiger partial charge in [-0.3, -0.25) is 4.79 Å². The molecule has 6 nitrogen and oxygen atoms in total. The lowest BCUT2D eigenvalue weighted by Crippen LogP contribution is -2.25. The topological polar surface area (TPSA) is 80.9 Å². The van der Waals surface area contributed by atoms with Crippen LogP contribution in [-0.2, 0) is 10.2 Å². The molecule has 1 N–H and O–H groups in total. The average Bonchev–Trinajstić information content (AvgIpc) is 3.42. The van der Waals surface area contributed by atoms with Gasteiger partial charge in [0.15, 0.2) is 5.75 Å². The highest BCUT2D eigenvalue weighted by Crippen LogP contribution is 2.58. The van der Waals surface area contributed by atoms with Gasteiger partial charge in [-0.25, -0.2) is 10.2 Å². The smallest absolute Gasteiger partial charge is 0.379 e. The van der Waals surface area contributed by atoms with Gasteiger partial charge in [0.2, 0.25) is 11.7 Å². The highest BCUT2D eigenvalue weighted by Gasteiger charge is 2.60. The Hall–Kier alpha value is -3.49. The molecule has 1 atom stereocenters. The minimum Gasteiger partial charge on any atom is -0.457 e. The van der Waals surface area contributed by atoms with Gasteiger partial charge in [0, 0.05) is 15.5 Å². The standard InChI is InChI=1S/C28H20Br2N2O4/c29-21-14-18(25(23(30)15-21)36-27(34)24-12-7-13-35-24)17-31-32-26(33)22-16-28(22,19-8-3-1-4-9-19)20-10-5-2-6-11-20/h1-15,17,22H,16H2,(H,32,33)/b31-17+. The Kier molecular flexibility index (Phi) is 6.89. The van der Waals surface area contributed by atoms with E-state index in [0.717, 1.165) is 15.6 Å². The molecule has 1 aromatic heterocycles. The molecule has 3 aromatic carbocycles. The molecule has 1 aliphatic carbocycles. The van der Waals surface area contributed by atoms with E-state index in [1.165, 1.54) is 18.5 Å². The SMILES string of the molecule is O=C(Oc1c(Br)cc(Br)cc1/C=N/NC(=O)C1CC1(c1ccccc1)c1ccccc1)c1ccco1. The summed E-state index contributed by atoms with van der Waals surface area (Å²) in [7, 11) is 0. The summed E-state index contributed by atoms with van der Waals surface area (Å²) < 4.78 is 11.9. The van der Waals surface area contributed by atoms with E-state index in [4.69, 9.17) is 9.15 Å². The summed E-state index contributed by atoms with van der Waals surface area (Å²) in [6, 6.07) is 26.7. The van der Waals surface area contributed by atoms with Crippen LogP contribution in [0.4, 0.5) is 0 Å². The Morgan fingerprint density at radius 1 is 0.972 bits per heavy atom. The third-order valence-electron chi connectivity index (χ3n) is 6.19. The summed E-state index contributed by atoms with van der Waals surface area (Å²) in [5.41, 5.74) is 4.98. The number of carbonyl (C=O) groups is 2. The highest BCUT2D eigenvalue weighted by atomic mass is 79.9. The van der Waals surface area contributed by atoms with Crippen molar-refractivity contribution in [3.63, 3.8) is 0 Å². The number of esters is 1. The number of hydrogen-bond donors (Lipinski definition) is 1. The van der Waals surface area contributed by atoms with Gasteiger partial charge in [0.25, 0.3) is 0 Å². The van der Waals surface area contributed by atoms with Crippen LogP contribution in [0.2, 0.25) is 0 Å². The van der Waals surface area contributed by atoms with E-state index in [1.54, 1.807) is 18.2 Å². The van der Waals surface area contributed by atoms with Crippen molar-refractivity contribution in [1.29, 1.82) is 0 Å². The Labute approximate surface area is 224 Å². The molecule has 1 heterocycles. The second kappa shape index (κ2) is 10.2. The predicted octanol–water partition coefficient (Wildman–Crippen LogP) is 6.48. The van der Waals surface area contributed by atoms with Gasteiger partial charge >= 0.3 is 5.97 Å². The molecule has 180 valence electrons. The maximum atomic E-state index is 13.2. The number of rotatable bonds is 7. The average molecular weight is 608 g/mol. The largest absolute Gasteiger partial charge is 0.457 e. The van der Waals surface area contributed by atoms with Crippen LogP contribution in [-0.4, -0.2) is 18.1 Å². The molecule has 0 aliphatic heterocycles. The van der Waals surface area contributed by atoms with Gasteiger partial charge in [-0.05, 0) is 57.7 Å². The third kappa shape index (κ3) is 4.79. The second-order valence-corrected chi connectivity index (χ2v) is 10.1. The molecule has 0 bridgehead atoms. The summed E-state index contributed by atoms with van der Waals surface area (Å²) in [6.45, 7) is 0. The first kappa shape index (κ1) is 24.2. The molecule has 1 unspecified atom stereocenters. The summed E-state index contributed by atoms with van der Waals surface area (Å²) in [5, 5.41) is 4.19. The maximum absolute atomic E-state index is 13.2. The fourth-order valence-electron chi connectivity index (χ4n) is 4.42. The summed E-state index contributed by atoms with van der Waals surface area (Å²) in [6.07, 6.45) is 3.54. The first-order valence-electron chi connectivity index (χ1n) is 11.2. The van der Waals surface area contributed by atoms with E-state index in [-0.39, 0.29) is 28.7 Å². The number of hydrogen-bond acceptors (Lipinski definition) is 5. The number of amides is 1. The lowest BCUT2D eigenvalue weighted by Gasteiger charge is -2.18. The molecule has 0 radical (unpaired) electrons. The number of ether oxygens (including phenoxy) is 1. The minimum atomic E-state index is -0.643. The molecule has 1 fully saturated rings. The second-order valence-electron chi connectivity index (χ2n) is 8.37.